The van der Waals surface area contributed by atoms with Crippen LogP contribution in [-0.2, 0) is 17.6 Å². The summed E-state index contributed by atoms with van der Waals surface area (Å²) in [6.45, 7) is 2.52. The van der Waals surface area contributed by atoms with Gasteiger partial charge in [-0.05, 0) is 48.9 Å². The molecule has 2 amide bonds. The number of rotatable bonds is 8. The lowest BCUT2D eigenvalue weighted by Crippen LogP contribution is -2.36. The first-order valence-corrected chi connectivity index (χ1v) is 10.6. The molecule has 0 aromatic carbocycles. The molecule has 4 rings (SSSR count). The van der Waals surface area contributed by atoms with E-state index >= 15 is 0 Å². The maximum Gasteiger partial charge on any atom is 0.320 e. The fourth-order valence-electron chi connectivity index (χ4n) is 4.26. The third-order valence-corrected chi connectivity index (χ3v) is 5.81. The minimum Gasteiger partial charge on any atom is -0.506 e. The van der Waals surface area contributed by atoms with Gasteiger partial charge in [-0.15, -0.1) is 0 Å². The number of aryl methyl sites for hydroxylation is 2. The summed E-state index contributed by atoms with van der Waals surface area (Å²) in [5, 5.41) is 22.4. The molecule has 2 aliphatic rings. The van der Waals surface area contributed by atoms with Crippen LogP contribution in [0.3, 0.4) is 0 Å². The molecule has 1 fully saturated rings. The first-order valence-electron chi connectivity index (χ1n) is 10.6. The first-order chi connectivity index (χ1) is 15.0. The molecular formula is C22H27N5O4. The van der Waals surface area contributed by atoms with E-state index in [4.69, 9.17) is 4.98 Å². The average Bonchev–Trinajstić information content (AvgIpc) is 3.12. The van der Waals surface area contributed by atoms with Crippen LogP contribution in [0, 0.1) is 0 Å². The predicted molar refractivity (Wildman–Crippen MR) is 114 cm³/mol. The van der Waals surface area contributed by atoms with Crippen molar-refractivity contribution in [2.75, 3.05) is 31.5 Å². The van der Waals surface area contributed by atoms with E-state index in [2.05, 4.69) is 22.4 Å². The Kier molecular flexibility index (Phi) is 6.20. The van der Waals surface area contributed by atoms with E-state index in [9.17, 15) is 19.8 Å². The standard InChI is InChI=1S/C22H27N5O4/c28-18-11-16(13-23-14-18)19(12-20(29)30)27-10-9-26(22(27)31)8-2-4-17-6-5-15-3-1-7-24-21(15)25-17/h5-6,11,13-14,19,28H,1-4,7-10,12H2,(H,24,25)(H,29,30)/t19-/m1/s1. The van der Waals surface area contributed by atoms with Crippen LogP contribution in [0.1, 0.15) is 42.1 Å². The average molecular weight is 425 g/mol. The van der Waals surface area contributed by atoms with Gasteiger partial charge in [0.25, 0.3) is 0 Å². The SMILES string of the molecule is O=C(O)C[C@H](c1cncc(O)c1)N1CCN(CCCc2ccc3c(n2)NCCC3)C1=O. The Bertz CT molecular complexity index is 967. The Hall–Kier alpha value is -3.36. The topological polar surface area (TPSA) is 119 Å². The molecular weight excluding hydrogens is 398 g/mol. The van der Waals surface area contributed by atoms with Crippen molar-refractivity contribution in [3.05, 3.63) is 47.4 Å². The number of nitrogens with zero attached hydrogens (tertiary/aromatic N) is 4. The number of carbonyl (C=O) groups is 2. The molecule has 1 atom stereocenters. The smallest absolute Gasteiger partial charge is 0.320 e. The zero-order valence-electron chi connectivity index (χ0n) is 17.3. The van der Waals surface area contributed by atoms with E-state index in [0.717, 1.165) is 43.7 Å². The van der Waals surface area contributed by atoms with Crippen molar-refractivity contribution in [2.24, 2.45) is 0 Å². The van der Waals surface area contributed by atoms with Gasteiger partial charge in [-0.1, -0.05) is 6.07 Å². The zero-order valence-corrected chi connectivity index (χ0v) is 17.3. The summed E-state index contributed by atoms with van der Waals surface area (Å²) in [7, 11) is 0. The summed E-state index contributed by atoms with van der Waals surface area (Å²) in [6.07, 6.45) is 6.28. The minimum atomic E-state index is -1.01. The van der Waals surface area contributed by atoms with Gasteiger partial charge in [0.1, 0.15) is 11.6 Å². The van der Waals surface area contributed by atoms with Gasteiger partial charge in [0.05, 0.1) is 18.7 Å². The quantitative estimate of drug-likeness (QED) is 0.594. The van der Waals surface area contributed by atoms with E-state index < -0.39 is 12.0 Å². The van der Waals surface area contributed by atoms with Gasteiger partial charge in [0, 0.05) is 38.1 Å². The third-order valence-electron chi connectivity index (χ3n) is 5.81. The number of pyridine rings is 2. The molecule has 9 nitrogen and oxygen atoms in total. The molecule has 0 aliphatic carbocycles. The lowest BCUT2D eigenvalue weighted by atomic mass is 10.0. The van der Waals surface area contributed by atoms with Crippen molar-refractivity contribution in [1.82, 2.24) is 19.8 Å². The molecule has 0 radical (unpaired) electrons. The number of hydrogen-bond acceptors (Lipinski definition) is 6. The van der Waals surface area contributed by atoms with Gasteiger partial charge < -0.3 is 25.3 Å². The largest absolute Gasteiger partial charge is 0.506 e. The van der Waals surface area contributed by atoms with Crippen LogP contribution in [0.5, 0.6) is 5.75 Å². The molecule has 31 heavy (non-hydrogen) atoms. The highest BCUT2D eigenvalue weighted by Gasteiger charge is 2.35. The number of amides is 2. The van der Waals surface area contributed by atoms with E-state index in [1.165, 1.54) is 24.0 Å². The Morgan fingerprint density at radius 2 is 2.13 bits per heavy atom. The van der Waals surface area contributed by atoms with Gasteiger partial charge in [-0.2, -0.15) is 0 Å². The van der Waals surface area contributed by atoms with Crippen molar-refractivity contribution in [3.8, 4) is 5.75 Å². The second-order valence-electron chi connectivity index (χ2n) is 8.00. The molecule has 1 saturated heterocycles. The van der Waals surface area contributed by atoms with E-state index in [0.29, 0.717) is 25.2 Å². The molecule has 2 aromatic rings. The van der Waals surface area contributed by atoms with Crippen LogP contribution in [0.4, 0.5) is 10.6 Å². The number of carboxylic acid groups (broad SMARTS) is 1. The number of aromatic hydroxyl groups is 1. The molecule has 0 unspecified atom stereocenters. The molecule has 9 heteroatoms. The molecule has 2 aliphatic heterocycles. The van der Waals surface area contributed by atoms with Gasteiger partial charge in [-0.25, -0.2) is 9.78 Å². The lowest BCUT2D eigenvalue weighted by Gasteiger charge is -2.27. The van der Waals surface area contributed by atoms with Crippen LogP contribution in [-0.4, -0.2) is 68.2 Å². The highest BCUT2D eigenvalue weighted by molar-refractivity contribution is 5.78. The van der Waals surface area contributed by atoms with Crippen LogP contribution < -0.4 is 5.32 Å². The third kappa shape index (κ3) is 4.87. The van der Waals surface area contributed by atoms with Gasteiger partial charge in [0.15, 0.2) is 0 Å². The van der Waals surface area contributed by atoms with Crippen LogP contribution in [0.15, 0.2) is 30.6 Å². The normalized spacial score (nSPS) is 16.7. The van der Waals surface area contributed by atoms with Crippen molar-refractivity contribution in [2.45, 2.75) is 38.1 Å². The Balaban J connectivity index is 1.37. The lowest BCUT2D eigenvalue weighted by molar-refractivity contribution is -0.138. The zero-order chi connectivity index (χ0) is 21.8. The minimum absolute atomic E-state index is 0.0524. The van der Waals surface area contributed by atoms with Crippen molar-refractivity contribution in [1.29, 1.82) is 0 Å². The predicted octanol–water partition coefficient (Wildman–Crippen LogP) is 2.43. The Morgan fingerprint density at radius 3 is 2.94 bits per heavy atom. The van der Waals surface area contributed by atoms with E-state index in [1.807, 2.05) is 0 Å². The maximum absolute atomic E-state index is 13.0. The molecule has 2 aromatic heterocycles. The first kappa shape index (κ1) is 20.9. The number of urea groups is 1. The second-order valence-corrected chi connectivity index (χ2v) is 8.00. The van der Waals surface area contributed by atoms with Gasteiger partial charge in [-0.3, -0.25) is 9.78 Å². The Labute approximate surface area is 180 Å². The van der Waals surface area contributed by atoms with Crippen molar-refractivity contribution in [3.63, 3.8) is 0 Å². The summed E-state index contributed by atoms with van der Waals surface area (Å²) in [6, 6.07) is 4.80. The van der Waals surface area contributed by atoms with Crippen LogP contribution >= 0.6 is 0 Å². The van der Waals surface area contributed by atoms with Gasteiger partial charge in [0.2, 0.25) is 0 Å². The molecule has 0 bridgehead atoms. The van der Waals surface area contributed by atoms with E-state index in [1.54, 1.807) is 9.80 Å². The van der Waals surface area contributed by atoms with Gasteiger partial charge >= 0.3 is 12.0 Å². The van der Waals surface area contributed by atoms with Crippen LogP contribution in [0.2, 0.25) is 0 Å². The summed E-state index contributed by atoms with van der Waals surface area (Å²) in [5.41, 5.74) is 2.78. The maximum atomic E-state index is 13.0. The fourth-order valence-corrected chi connectivity index (χ4v) is 4.26. The Morgan fingerprint density at radius 1 is 1.26 bits per heavy atom. The number of fused-ring (bicyclic) bond motifs is 1. The number of aromatic nitrogens is 2. The number of anilines is 1. The molecule has 3 N–H and O–H groups in total. The molecule has 4 heterocycles. The van der Waals surface area contributed by atoms with Crippen LogP contribution in [0.25, 0.3) is 0 Å². The summed E-state index contributed by atoms with van der Waals surface area (Å²) >= 11 is 0. The monoisotopic (exact) mass is 425 g/mol. The molecule has 0 saturated carbocycles. The summed E-state index contributed by atoms with van der Waals surface area (Å²) in [4.78, 5) is 36.3. The van der Waals surface area contributed by atoms with Crippen molar-refractivity contribution >= 4 is 17.8 Å². The second kappa shape index (κ2) is 9.20. The summed E-state index contributed by atoms with van der Waals surface area (Å²) in [5.74, 6) is -0.0847. The number of carboxylic acids is 1. The highest BCUT2D eigenvalue weighted by atomic mass is 16.4. The summed E-state index contributed by atoms with van der Waals surface area (Å²) < 4.78 is 0. The van der Waals surface area contributed by atoms with E-state index in [-0.39, 0.29) is 18.2 Å². The number of hydrogen-bond donors (Lipinski definition) is 3. The highest BCUT2D eigenvalue weighted by Crippen LogP contribution is 2.29. The fraction of sp³-hybridized carbons (Fsp3) is 0.455. The number of nitrogens with one attached hydrogen (secondary N) is 1. The molecule has 164 valence electrons. The molecule has 0 spiro atoms. The number of carbonyl (C=O) groups excluding carboxylic acids is 1. The number of aliphatic carboxylic acids is 1. The van der Waals surface area contributed by atoms with Crippen molar-refractivity contribution < 1.29 is 19.8 Å².